The van der Waals surface area contributed by atoms with Crippen molar-refractivity contribution < 1.29 is 8.42 Å². The summed E-state index contributed by atoms with van der Waals surface area (Å²) < 4.78 is 23.8. The number of benzene rings is 1. The summed E-state index contributed by atoms with van der Waals surface area (Å²) in [7, 11) is -3.03. The molecule has 0 spiro atoms. The highest BCUT2D eigenvalue weighted by atomic mass is 32.2. The van der Waals surface area contributed by atoms with Crippen molar-refractivity contribution >= 4 is 21.6 Å². The van der Waals surface area contributed by atoms with E-state index < -0.39 is 9.84 Å². The molecule has 2 unspecified atom stereocenters. The first-order valence-corrected chi connectivity index (χ1v) is 10.3. The molecule has 0 aliphatic carbocycles. The van der Waals surface area contributed by atoms with Crippen molar-refractivity contribution in [3.63, 3.8) is 0 Å². The summed E-state index contributed by atoms with van der Waals surface area (Å²) in [5, 5.41) is -0.362. The molecule has 2 rings (SSSR count). The molecule has 21 heavy (non-hydrogen) atoms. The van der Waals surface area contributed by atoms with E-state index in [2.05, 4.69) is 36.1 Å². The van der Waals surface area contributed by atoms with E-state index in [1.54, 1.807) is 11.8 Å². The Labute approximate surface area is 132 Å². The Morgan fingerprint density at radius 2 is 2.05 bits per heavy atom. The van der Waals surface area contributed by atoms with Crippen LogP contribution in [0.15, 0.2) is 24.3 Å². The molecule has 4 nitrogen and oxygen atoms in total. The van der Waals surface area contributed by atoms with Crippen molar-refractivity contribution in [2.24, 2.45) is 5.73 Å². The topological polar surface area (TPSA) is 63.4 Å². The number of sulfone groups is 1. The highest BCUT2D eigenvalue weighted by molar-refractivity contribution is 8.00. The summed E-state index contributed by atoms with van der Waals surface area (Å²) in [6.45, 7) is 4.26. The van der Waals surface area contributed by atoms with E-state index in [0.29, 0.717) is 24.8 Å². The van der Waals surface area contributed by atoms with Gasteiger partial charge in [-0.2, -0.15) is 11.8 Å². The minimum absolute atomic E-state index is 0.356. The minimum Gasteiger partial charge on any atom is -0.330 e. The predicted octanol–water partition coefficient (Wildman–Crippen LogP) is 1.67. The van der Waals surface area contributed by atoms with Crippen molar-refractivity contribution in [3.05, 3.63) is 35.4 Å². The number of nitrogens with zero attached hydrogens (tertiary/aromatic N) is 1. The molecule has 0 aromatic heterocycles. The molecule has 0 amide bonds. The van der Waals surface area contributed by atoms with Crippen LogP contribution >= 0.6 is 11.8 Å². The fourth-order valence-electron chi connectivity index (χ4n) is 2.51. The number of hydrogen-bond acceptors (Lipinski definition) is 5. The lowest BCUT2D eigenvalue weighted by molar-refractivity contribution is 0.262. The summed E-state index contributed by atoms with van der Waals surface area (Å²) in [5.74, 6) is 2.02. The van der Waals surface area contributed by atoms with E-state index in [0.717, 1.165) is 17.9 Å². The first-order valence-electron chi connectivity index (χ1n) is 7.21. The van der Waals surface area contributed by atoms with Gasteiger partial charge in [0.2, 0.25) is 0 Å². The summed E-state index contributed by atoms with van der Waals surface area (Å²) in [4.78, 5) is 2.08. The molecule has 2 atom stereocenters. The smallest absolute Gasteiger partial charge is 0.164 e. The largest absolute Gasteiger partial charge is 0.330 e. The Hall–Kier alpha value is -0.560. The van der Waals surface area contributed by atoms with Gasteiger partial charge in [-0.1, -0.05) is 31.2 Å². The van der Waals surface area contributed by atoms with Gasteiger partial charge in [0.25, 0.3) is 0 Å². The molecule has 0 bridgehead atoms. The van der Waals surface area contributed by atoms with E-state index in [4.69, 9.17) is 5.73 Å². The van der Waals surface area contributed by atoms with E-state index >= 15 is 0 Å². The summed E-state index contributed by atoms with van der Waals surface area (Å²) in [5.41, 5.74) is 8.07. The highest BCUT2D eigenvalue weighted by Gasteiger charge is 2.30. The van der Waals surface area contributed by atoms with Crippen LogP contribution in [0.25, 0.3) is 0 Å². The molecule has 0 radical (unpaired) electrons. The summed E-state index contributed by atoms with van der Waals surface area (Å²) in [6, 6.07) is 8.37. The van der Waals surface area contributed by atoms with Crippen LogP contribution in [0.1, 0.15) is 24.0 Å². The summed E-state index contributed by atoms with van der Waals surface area (Å²) >= 11 is 1.72. The van der Waals surface area contributed by atoms with Gasteiger partial charge in [0.15, 0.2) is 9.84 Å². The molecule has 0 saturated carbocycles. The van der Waals surface area contributed by atoms with Crippen molar-refractivity contribution in [2.45, 2.75) is 24.8 Å². The molecule has 1 aromatic carbocycles. The maximum Gasteiger partial charge on any atom is 0.164 e. The van der Waals surface area contributed by atoms with Gasteiger partial charge in [-0.3, -0.25) is 4.90 Å². The molecule has 1 saturated heterocycles. The molecular formula is C15H24N2O2S2. The zero-order valence-electron chi connectivity index (χ0n) is 12.7. The van der Waals surface area contributed by atoms with Gasteiger partial charge in [0.1, 0.15) is 5.37 Å². The third kappa shape index (κ3) is 4.45. The molecule has 2 N–H and O–H groups in total. The van der Waals surface area contributed by atoms with E-state index in [1.165, 1.54) is 11.8 Å². The summed E-state index contributed by atoms with van der Waals surface area (Å²) in [6.07, 6.45) is 1.34. The lowest BCUT2D eigenvalue weighted by Gasteiger charge is -2.34. The fraction of sp³-hybridized carbons (Fsp3) is 0.600. The first-order chi connectivity index (χ1) is 9.91. The van der Waals surface area contributed by atoms with Crippen LogP contribution in [0.5, 0.6) is 0 Å². The van der Waals surface area contributed by atoms with Crippen LogP contribution in [0.2, 0.25) is 0 Å². The second kappa shape index (κ2) is 7.13. The molecule has 1 aromatic rings. The predicted molar refractivity (Wildman–Crippen MR) is 90.3 cm³/mol. The highest BCUT2D eigenvalue weighted by Crippen LogP contribution is 2.23. The standard InChI is InChI=1S/C15H24N2O2S2/c1-12(9-16)14-5-3-13(4-6-14)10-17-7-8-20-11-15(17)21(2,18)19/h3-6,12,15H,7-11,16H2,1-2H3. The Bertz CT molecular complexity index is 558. The number of rotatable bonds is 5. The molecule has 1 fully saturated rings. The van der Waals surface area contributed by atoms with Crippen molar-refractivity contribution in [2.75, 3.05) is 30.9 Å². The lowest BCUT2D eigenvalue weighted by Crippen LogP contribution is -2.46. The number of thioether (sulfide) groups is 1. The maximum atomic E-state index is 11.9. The SMILES string of the molecule is CC(CN)c1ccc(CN2CCSCC2S(C)(=O)=O)cc1. The Morgan fingerprint density at radius 3 is 2.62 bits per heavy atom. The van der Waals surface area contributed by atoms with Gasteiger partial charge in [0, 0.05) is 30.9 Å². The average Bonchev–Trinajstić information content (AvgIpc) is 2.47. The van der Waals surface area contributed by atoms with Crippen LogP contribution in [0.4, 0.5) is 0 Å². The van der Waals surface area contributed by atoms with Crippen LogP contribution in [-0.4, -0.2) is 49.5 Å². The zero-order valence-corrected chi connectivity index (χ0v) is 14.3. The van der Waals surface area contributed by atoms with Crippen LogP contribution in [0.3, 0.4) is 0 Å². The average molecular weight is 329 g/mol. The molecule has 1 aliphatic rings. The second-order valence-corrected chi connectivity index (χ2v) is 9.06. The molecule has 1 heterocycles. The van der Waals surface area contributed by atoms with Crippen molar-refractivity contribution in [1.82, 2.24) is 4.90 Å². The third-order valence-corrected chi connectivity index (χ3v) is 6.66. The fourth-order valence-corrected chi connectivity index (χ4v) is 5.45. The van der Waals surface area contributed by atoms with Crippen LogP contribution < -0.4 is 5.73 Å². The zero-order chi connectivity index (χ0) is 15.5. The van der Waals surface area contributed by atoms with Crippen LogP contribution in [0, 0.1) is 0 Å². The quantitative estimate of drug-likeness (QED) is 0.891. The molecule has 118 valence electrons. The second-order valence-electron chi connectivity index (χ2n) is 5.71. The number of nitrogens with two attached hydrogens (primary N) is 1. The van der Waals surface area contributed by atoms with Gasteiger partial charge >= 0.3 is 0 Å². The first kappa shape index (κ1) is 16.8. The van der Waals surface area contributed by atoms with Gasteiger partial charge in [0.05, 0.1) is 0 Å². The van der Waals surface area contributed by atoms with Gasteiger partial charge < -0.3 is 5.73 Å². The minimum atomic E-state index is -3.03. The Kier molecular flexibility index (Phi) is 5.71. The van der Waals surface area contributed by atoms with Crippen molar-refractivity contribution in [1.29, 1.82) is 0 Å². The Morgan fingerprint density at radius 1 is 1.38 bits per heavy atom. The lowest BCUT2D eigenvalue weighted by atomic mass is 10.00. The van der Waals surface area contributed by atoms with E-state index in [-0.39, 0.29) is 5.37 Å². The van der Waals surface area contributed by atoms with Gasteiger partial charge in [-0.25, -0.2) is 8.42 Å². The number of hydrogen-bond donors (Lipinski definition) is 1. The monoisotopic (exact) mass is 328 g/mol. The Balaban J connectivity index is 2.09. The molecule has 1 aliphatic heterocycles. The third-order valence-electron chi connectivity index (χ3n) is 3.97. The van der Waals surface area contributed by atoms with Crippen molar-refractivity contribution in [3.8, 4) is 0 Å². The van der Waals surface area contributed by atoms with Gasteiger partial charge in [-0.15, -0.1) is 0 Å². The molecule has 6 heteroatoms. The van der Waals surface area contributed by atoms with Crippen LogP contribution in [-0.2, 0) is 16.4 Å². The van der Waals surface area contributed by atoms with Gasteiger partial charge in [-0.05, 0) is 23.6 Å². The van der Waals surface area contributed by atoms with E-state index in [9.17, 15) is 8.42 Å². The molecular weight excluding hydrogens is 304 g/mol. The van der Waals surface area contributed by atoms with E-state index in [1.807, 2.05) is 0 Å². The normalized spacial score (nSPS) is 22.1. The maximum absolute atomic E-state index is 11.9.